The van der Waals surface area contributed by atoms with Crippen LogP contribution in [0.1, 0.15) is 34.3 Å². The van der Waals surface area contributed by atoms with Crippen molar-refractivity contribution in [3.05, 3.63) is 71.0 Å². The zero-order chi connectivity index (χ0) is 25.8. The molecule has 0 aliphatic carbocycles. The van der Waals surface area contributed by atoms with Gasteiger partial charge >= 0.3 is 6.09 Å². The van der Waals surface area contributed by atoms with Crippen molar-refractivity contribution in [2.75, 3.05) is 32.7 Å². The number of carbonyl (C=O) groups is 3. The minimum atomic E-state index is -0.572. The summed E-state index contributed by atoms with van der Waals surface area (Å²) in [5, 5.41) is 3.44. The van der Waals surface area contributed by atoms with Crippen molar-refractivity contribution in [1.29, 1.82) is 0 Å². The molecule has 3 atom stereocenters. The quantitative estimate of drug-likeness (QED) is 0.569. The van der Waals surface area contributed by atoms with Crippen molar-refractivity contribution in [3.8, 4) is 0 Å². The van der Waals surface area contributed by atoms with Crippen molar-refractivity contribution in [1.82, 2.24) is 26.0 Å². The molecule has 3 aliphatic rings. The van der Waals surface area contributed by atoms with Crippen LogP contribution in [0.2, 0.25) is 0 Å². The molecule has 9 nitrogen and oxygen atoms in total. The molecule has 5 rings (SSSR count). The zero-order valence-electron chi connectivity index (χ0n) is 20.6. The summed E-state index contributed by atoms with van der Waals surface area (Å²) < 4.78 is 20.1. The fourth-order valence-corrected chi connectivity index (χ4v) is 5.34. The lowest BCUT2D eigenvalue weighted by Crippen LogP contribution is -2.67. The summed E-state index contributed by atoms with van der Waals surface area (Å²) in [7, 11) is 0. The van der Waals surface area contributed by atoms with Crippen LogP contribution in [0, 0.1) is 11.7 Å². The molecule has 3 N–H and O–H groups in total. The number of halogens is 1. The second kappa shape index (κ2) is 11.3. The fraction of sp³-hybridized carbons (Fsp3) is 0.444. The lowest BCUT2D eigenvalue weighted by atomic mass is 9.82. The molecule has 2 aromatic rings. The minimum absolute atomic E-state index is 0.00786. The van der Waals surface area contributed by atoms with Gasteiger partial charge in [-0.25, -0.2) is 14.6 Å². The monoisotopic (exact) mass is 509 g/mol. The molecule has 0 bridgehead atoms. The van der Waals surface area contributed by atoms with Crippen LogP contribution in [0.25, 0.3) is 0 Å². The van der Waals surface area contributed by atoms with Gasteiger partial charge in [0.05, 0.1) is 11.5 Å². The highest BCUT2D eigenvalue weighted by Gasteiger charge is 2.40. The van der Waals surface area contributed by atoms with Gasteiger partial charge in [0.15, 0.2) is 0 Å². The number of piperazine rings is 1. The summed E-state index contributed by atoms with van der Waals surface area (Å²) in [6.07, 6.45) is 1.90. The first-order valence-electron chi connectivity index (χ1n) is 12.8. The Balaban J connectivity index is 1.17. The van der Waals surface area contributed by atoms with Crippen LogP contribution in [0.5, 0.6) is 0 Å². The van der Waals surface area contributed by atoms with Crippen LogP contribution in [0.15, 0.2) is 48.5 Å². The van der Waals surface area contributed by atoms with Crippen molar-refractivity contribution in [2.24, 2.45) is 5.92 Å². The first-order valence-corrected chi connectivity index (χ1v) is 12.8. The number of hydrogen-bond donors (Lipinski definition) is 3. The molecule has 3 aliphatic heterocycles. The van der Waals surface area contributed by atoms with Gasteiger partial charge in [-0.1, -0.05) is 36.4 Å². The molecule has 3 saturated heterocycles. The van der Waals surface area contributed by atoms with Gasteiger partial charge in [0.2, 0.25) is 5.91 Å². The van der Waals surface area contributed by atoms with E-state index in [4.69, 9.17) is 4.74 Å². The molecule has 3 fully saturated rings. The van der Waals surface area contributed by atoms with Crippen molar-refractivity contribution >= 4 is 17.9 Å². The van der Waals surface area contributed by atoms with E-state index in [1.54, 1.807) is 21.9 Å². The highest BCUT2D eigenvalue weighted by atomic mass is 19.1. The van der Waals surface area contributed by atoms with Gasteiger partial charge in [-0.05, 0) is 49.1 Å². The van der Waals surface area contributed by atoms with E-state index in [2.05, 4.69) is 16.2 Å². The highest BCUT2D eigenvalue weighted by molar-refractivity contribution is 5.95. The van der Waals surface area contributed by atoms with Gasteiger partial charge in [-0.3, -0.25) is 15.0 Å². The van der Waals surface area contributed by atoms with Crippen LogP contribution < -0.4 is 16.2 Å². The Morgan fingerprint density at radius 2 is 1.76 bits per heavy atom. The lowest BCUT2D eigenvalue weighted by molar-refractivity contribution is -0.131. The predicted octanol–water partition coefficient (Wildman–Crippen LogP) is 1.83. The summed E-state index contributed by atoms with van der Waals surface area (Å²) >= 11 is 0. The summed E-state index contributed by atoms with van der Waals surface area (Å²) in [5.74, 6) is -1.07. The average Bonchev–Trinajstić information content (AvgIpc) is 2.94. The first kappa shape index (κ1) is 25.2. The molecule has 0 spiro atoms. The van der Waals surface area contributed by atoms with Gasteiger partial charge in [0, 0.05) is 38.3 Å². The van der Waals surface area contributed by atoms with E-state index in [-0.39, 0.29) is 36.1 Å². The van der Waals surface area contributed by atoms with Gasteiger partial charge in [-0.2, -0.15) is 0 Å². The molecule has 0 saturated carbocycles. The maximum atomic E-state index is 14.7. The third-order valence-electron chi connectivity index (χ3n) is 7.40. The molecular weight excluding hydrogens is 477 g/mol. The number of nitrogens with one attached hydrogen (secondary N) is 3. The van der Waals surface area contributed by atoms with Gasteiger partial charge in [-0.15, -0.1) is 0 Å². The van der Waals surface area contributed by atoms with Crippen LogP contribution >= 0.6 is 0 Å². The number of fused-ring (bicyclic) bond motifs is 1. The number of carbonyl (C=O) groups excluding carboxylic acids is 3. The average molecular weight is 510 g/mol. The number of ether oxygens (including phenoxy) is 1. The van der Waals surface area contributed by atoms with Crippen molar-refractivity contribution < 1.29 is 23.5 Å². The summed E-state index contributed by atoms with van der Waals surface area (Å²) in [5.41, 5.74) is 7.58. The Morgan fingerprint density at radius 3 is 2.54 bits per heavy atom. The Hall–Kier alpha value is -3.50. The second-order valence-electron chi connectivity index (χ2n) is 9.81. The zero-order valence-corrected chi connectivity index (χ0v) is 20.6. The van der Waals surface area contributed by atoms with Crippen LogP contribution in [-0.2, 0) is 22.6 Å². The maximum absolute atomic E-state index is 14.7. The van der Waals surface area contributed by atoms with E-state index in [0.29, 0.717) is 32.6 Å². The molecule has 3 amide bonds. The lowest BCUT2D eigenvalue weighted by Gasteiger charge is -2.41. The van der Waals surface area contributed by atoms with E-state index in [1.165, 1.54) is 6.07 Å². The number of nitrogens with zero attached hydrogens (tertiary/aromatic N) is 2. The van der Waals surface area contributed by atoms with E-state index in [9.17, 15) is 18.8 Å². The highest BCUT2D eigenvalue weighted by Crippen LogP contribution is 2.24. The van der Waals surface area contributed by atoms with Crippen molar-refractivity contribution in [2.45, 2.75) is 38.0 Å². The van der Waals surface area contributed by atoms with E-state index in [0.717, 1.165) is 30.5 Å². The van der Waals surface area contributed by atoms with Gasteiger partial charge < -0.3 is 19.9 Å². The standard InChI is InChI=1S/C27H32FN5O4/c28-22-9-8-19(16-23-24-20(7-4-10-29-24)25(34)31-30-23)15-21(22)26(35)32-11-13-33(14-12-32)27(36)37-17-18-5-2-1-3-6-18/h1-3,5-6,8-9,15,20,23-24,29-30H,4,7,10-14,16-17H2,(H,31,34). The number of amides is 3. The third kappa shape index (κ3) is 5.75. The normalized spacial score (nSPS) is 23.7. The summed E-state index contributed by atoms with van der Waals surface area (Å²) in [6, 6.07) is 14.0. The van der Waals surface area contributed by atoms with Crippen LogP contribution in [0.3, 0.4) is 0 Å². The number of hydrazine groups is 1. The Bertz CT molecular complexity index is 1140. The molecule has 196 valence electrons. The summed E-state index contributed by atoms with van der Waals surface area (Å²) in [4.78, 5) is 41.0. The molecule has 3 unspecified atom stereocenters. The third-order valence-corrected chi connectivity index (χ3v) is 7.40. The smallest absolute Gasteiger partial charge is 0.410 e. The first-order chi connectivity index (χ1) is 18.0. The minimum Gasteiger partial charge on any atom is -0.445 e. The van der Waals surface area contributed by atoms with Crippen LogP contribution in [-0.4, -0.2) is 72.5 Å². The van der Waals surface area contributed by atoms with E-state index < -0.39 is 17.8 Å². The molecule has 2 aromatic carbocycles. The topological polar surface area (TPSA) is 103 Å². The second-order valence-corrected chi connectivity index (χ2v) is 9.81. The molecule has 37 heavy (non-hydrogen) atoms. The number of rotatable bonds is 5. The maximum Gasteiger partial charge on any atom is 0.410 e. The number of hydrogen-bond acceptors (Lipinski definition) is 6. The molecule has 0 aromatic heterocycles. The van der Waals surface area contributed by atoms with Gasteiger partial charge in [0.1, 0.15) is 12.4 Å². The van der Waals surface area contributed by atoms with Crippen LogP contribution in [0.4, 0.5) is 9.18 Å². The SMILES string of the molecule is O=C1NNC(Cc2ccc(F)c(C(=O)N3CCN(C(=O)OCc4ccccc4)CC3)c2)C2NCCCC12. The Morgan fingerprint density at radius 1 is 1.00 bits per heavy atom. The van der Waals surface area contributed by atoms with Gasteiger partial charge in [0.25, 0.3) is 5.91 Å². The fourth-order valence-electron chi connectivity index (χ4n) is 5.34. The largest absolute Gasteiger partial charge is 0.445 e. The molecule has 10 heteroatoms. The molecule has 0 radical (unpaired) electrons. The predicted molar refractivity (Wildman–Crippen MR) is 134 cm³/mol. The Kier molecular flexibility index (Phi) is 7.66. The van der Waals surface area contributed by atoms with Crippen molar-refractivity contribution in [3.63, 3.8) is 0 Å². The molecular formula is C27H32FN5O4. The van der Waals surface area contributed by atoms with E-state index in [1.807, 2.05) is 30.3 Å². The Labute approximate surface area is 215 Å². The number of piperidine rings is 1. The number of benzene rings is 2. The summed E-state index contributed by atoms with van der Waals surface area (Å²) in [6.45, 7) is 2.28. The molecule has 3 heterocycles. The van der Waals surface area contributed by atoms with E-state index >= 15 is 0 Å².